The van der Waals surface area contributed by atoms with E-state index in [1.807, 2.05) is 24.3 Å². The number of hydrogen-bond donors (Lipinski definition) is 0. The van der Waals surface area contributed by atoms with Crippen LogP contribution >= 0.6 is 0 Å². The van der Waals surface area contributed by atoms with Crippen LogP contribution < -0.4 is 0 Å². The SMILES string of the molecule is CC/C=C\C/C=C\C/C=C\C/C=C\C/C=C\CCC(=O)OCC(COC(=O)CCCCCCCCC/C=C\C/C=C\CCCCC)OC(=O)CC/C=C\C/C=C\C/C=C\C/C=C\C/C=C\CC. The lowest BCUT2D eigenvalue weighted by Crippen LogP contribution is -2.30. The fraction of sp³-hybridized carbons (Fsp3) is 0.557. The Morgan fingerprint density at radius 3 is 1.00 bits per heavy atom. The van der Waals surface area contributed by atoms with Crippen LogP contribution in [0.4, 0.5) is 0 Å². The van der Waals surface area contributed by atoms with E-state index in [0.29, 0.717) is 19.3 Å². The van der Waals surface area contributed by atoms with Crippen LogP contribution in [0, 0.1) is 0 Å². The molecule has 0 aliphatic heterocycles. The van der Waals surface area contributed by atoms with E-state index in [4.69, 9.17) is 14.2 Å². The van der Waals surface area contributed by atoms with Crippen molar-refractivity contribution in [3.63, 3.8) is 0 Å². The number of unbranched alkanes of at least 4 members (excludes halogenated alkanes) is 10. The summed E-state index contributed by atoms with van der Waals surface area (Å²) in [6.45, 7) is 6.23. The van der Waals surface area contributed by atoms with Crippen molar-refractivity contribution in [2.24, 2.45) is 0 Å². The Kier molecular flexibility index (Phi) is 50.1. The minimum absolute atomic E-state index is 0.141. The van der Waals surface area contributed by atoms with Gasteiger partial charge in [-0.2, -0.15) is 0 Å². The van der Waals surface area contributed by atoms with Crippen molar-refractivity contribution in [2.45, 2.75) is 207 Å². The Morgan fingerprint density at radius 2 is 0.612 bits per heavy atom. The zero-order valence-corrected chi connectivity index (χ0v) is 42.6. The molecule has 1 atom stereocenters. The van der Waals surface area contributed by atoms with Crippen LogP contribution in [0.25, 0.3) is 0 Å². The normalized spacial score (nSPS) is 13.3. The number of ether oxygens (including phenoxy) is 3. The van der Waals surface area contributed by atoms with E-state index in [9.17, 15) is 14.4 Å². The van der Waals surface area contributed by atoms with E-state index in [1.165, 1.54) is 51.4 Å². The van der Waals surface area contributed by atoms with Crippen molar-refractivity contribution in [2.75, 3.05) is 13.2 Å². The van der Waals surface area contributed by atoms with Gasteiger partial charge in [0.25, 0.3) is 0 Å². The molecule has 0 amide bonds. The van der Waals surface area contributed by atoms with Gasteiger partial charge in [0.05, 0.1) is 0 Å². The van der Waals surface area contributed by atoms with Gasteiger partial charge in [-0.15, -0.1) is 0 Å². The van der Waals surface area contributed by atoms with Gasteiger partial charge >= 0.3 is 17.9 Å². The Balaban J connectivity index is 4.64. The second-order valence-corrected chi connectivity index (χ2v) is 16.7. The van der Waals surface area contributed by atoms with Crippen LogP contribution in [0.3, 0.4) is 0 Å². The molecule has 1 unspecified atom stereocenters. The zero-order valence-electron chi connectivity index (χ0n) is 42.6. The van der Waals surface area contributed by atoms with Gasteiger partial charge in [-0.25, -0.2) is 0 Å². The lowest BCUT2D eigenvalue weighted by atomic mass is 10.1. The fourth-order valence-corrected chi connectivity index (χ4v) is 6.45. The molecule has 0 aliphatic carbocycles. The van der Waals surface area contributed by atoms with E-state index in [1.54, 1.807) is 0 Å². The predicted octanol–water partition coefficient (Wildman–Crippen LogP) is 17.6. The average Bonchev–Trinajstić information content (AvgIpc) is 3.33. The summed E-state index contributed by atoms with van der Waals surface area (Å²) in [7, 11) is 0. The van der Waals surface area contributed by atoms with Crippen molar-refractivity contribution in [3.8, 4) is 0 Å². The van der Waals surface area contributed by atoms with Crippen LogP contribution in [-0.2, 0) is 28.6 Å². The van der Waals surface area contributed by atoms with Crippen molar-refractivity contribution >= 4 is 17.9 Å². The largest absolute Gasteiger partial charge is 0.462 e. The van der Waals surface area contributed by atoms with Crippen molar-refractivity contribution in [1.82, 2.24) is 0 Å². The Labute approximate surface area is 410 Å². The van der Waals surface area contributed by atoms with Gasteiger partial charge < -0.3 is 14.2 Å². The first-order valence-corrected chi connectivity index (χ1v) is 26.3. The average molecular weight is 923 g/mol. The number of esters is 3. The third kappa shape index (κ3) is 52.1. The Bertz CT molecular complexity index is 1530. The lowest BCUT2D eigenvalue weighted by Gasteiger charge is -2.18. The number of rotatable bonds is 45. The van der Waals surface area contributed by atoms with Gasteiger partial charge in [-0.05, 0) is 116 Å². The monoisotopic (exact) mass is 923 g/mol. The highest BCUT2D eigenvalue weighted by molar-refractivity contribution is 5.71. The second-order valence-electron chi connectivity index (χ2n) is 16.7. The topological polar surface area (TPSA) is 78.9 Å². The standard InChI is InChI=1S/C61H94O6/c1-4-7-10-13-16-19-22-25-28-31-34-36-39-42-45-48-51-54-60(63)66-57-58(67-61(64)55-52-49-46-43-40-37-33-30-27-24-21-18-15-12-9-6-3)56-65-59(62)53-50-47-44-41-38-35-32-29-26-23-20-17-14-11-8-5-2/h8-9,11-12,16-21,25-30,35,37-38,40,44,46-47,49,58H,4-7,10,13-15,22-24,31-34,36,39,41-43,45,48,50-57H2,1-3H3/b11-8-,12-9-,19-16-,20-17-,21-18-,28-25-,29-26-,30-27-,38-35-,40-37-,47-44-,49-46-. The molecule has 67 heavy (non-hydrogen) atoms. The number of carbonyl (C=O) groups is 3. The van der Waals surface area contributed by atoms with Gasteiger partial charge in [0.2, 0.25) is 0 Å². The van der Waals surface area contributed by atoms with Crippen molar-refractivity contribution < 1.29 is 28.6 Å². The first kappa shape index (κ1) is 62.3. The predicted molar refractivity (Wildman–Crippen MR) is 288 cm³/mol. The molecule has 0 saturated carbocycles. The van der Waals surface area contributed by atoms with Gasteiger partial charge in [0.1, 0.15) is 13.2 Å². The van der Waals surface area contributed by atoms with Crippen LogP contribution in [0.2, 0.25) is 0 Å². The molecule has 6 heteroatoms. The smallest absolute Gasteiger partial charge is 0.306 e. The highest BCUT2D eigenvalue weighted by Gasteiger charge is 2.19. The first-order valence-electron chi connectivity index (χ1n) is 26.3. The van der Waals surface area contributed by atoms with Crippen LogP contribution in [-0.4, -0.2) is 37.2 Å². The van der Waals surface area contributed by atoms with E-state index in [2.05, 4.69) is 142 Å². The number of hydrogen-bond acceptors (Lipinski definition) is 6. The van der Waals surface area contributed by atoms with E-state index >= 15 is 0 Å². The molecule has 0 aromatic heterocycles. The summed E-state index contributed by atoms with van der Waals surface area (Å²) in [5.41, 5.74) is 0. The Hall–Kier alpha value is -4.71. The molecule has 0 N–H and O–H groups in total. The molecule has 0 bridgehead atoms. The molecule has 0 radical (unpaired) electrons. The third-order valence-corrected chi connectivity index (χ3v) is 10.3. The molecule has 0 rings (SSSR count). The minimum Gasteiger partial charge on any atom is -0.462 e. The van der Waals surface area contributed by atoms with Crippen LogP contribution in [0.1, 0.15) is 201 Å². The second kappa shape index (κ2) is 53.9. The zero-order chi connectivity index (χ0) is 48.6. The highest BCUT2D eigenvalue weighted by atomic mass is 16.6. The third-order valence-electron chi connectivity index (χ3n) is 10.3. The maximum atomic E-state index is 12.8. The molecular weight excluding hydrogens is 829 g/mol. The van der Waals surface area contributed by atoms with Crippen LogP contribution in [0.15, 0.2) is 146 Å². The number of allylic oxidation sites excluding steroid dienone is 24. The molecule has 6 nitrogen and oxygen atoms in total. The molecule has 0 spiro atoms. The van der Waals surface area contributed by atoms with E-state index in [0.717, 1.165) is 96.3 Å². The molecule has 0 aliphatic rings. The first-order chi connectivity index (χ1) is 33.0. The summed E-state index contributed by atoms with van der Waals surface area (Å²) in [6.07, 6.45) is 77.1. The van der Waals surface area contributed by atoms with Gasteiger partial charge in [-0.3, -0.25) is 14.4 Å². The molecule has 0 fully saturated rings. The highest BCUT2D eigenvalue weighted by Crippen LogP contribution is 2.12. The van der Waals surface area contributed by atoms with Crippen LogP contribution in [0.5, 0.6) is 0 Å². The van der Waals surface area contributed by atoms with E-state index in [-0.39, 0.29) is 38.0 Å². The number of carbonyl (C=O) groups excluding carboxylic acids is 3. The molecule has 0 saturated heterocycles. The minimum atomic E-state index is -0.857. The molecule has 0 heterocycles. The molecular formula is C61H94O6. The quantitative estimate of drug-likeness (QED) is 0.0262. The summed E-state index contributed by atoms with van der Waals surface area (Å²) >= 11 is 0. The summed E-state index contributed by atoms with van der Waals surface area (Å²) in [5, 5.41) is 0. The van der Waals surface area contributed by atoms with Gasteiger partial charge in [0.15, 0.2) is 6.10 Å². The molecule has 374 valence electrons. The summed E-state index contributed by atoms with van der Waals surface area (Å²) in [4.78, 5) is 38.0. The Morgan fingerprint density at radius 1 is 0.313 bits per heavy atom. The lowest BCUT2D eigenvalue weighted by molar-refractivity contribution is -0.166. The van der Waals surface area contributed by atoms with Crippen molar-refractivity contribution in [3.05, 3.63) is 146 Å². The van der Waals surface area contributed by atoms with Gasteiger partial charge in [-0.1, -0.05) is 212 Å². The molecule has 0 aromatic carbocycles. The maximum Gasteiger partial charge on any atom is 0.306 e. The maximum absolute atomic E-state index is 12.8. The summed E-state index contributed by atoms with van der Waals surface area (Å²) in [5.74, 6) is -1.13. The summed E-state index contributed by atoms with van der Waals surface area (Å²) in [6, 6.07) is 0. The van der Waals surface area contributed by atoms with Gasteiger partial charge in [0, 0.05) is 19.3 Å². The fourth-order valence-electron chi connectivity index (χ4n) is 6.45. The van der Waals surface area contributed by atoms with Crippen molar-refractivity contribution in [1.29, 1.82) is 0 Å². The molecule has 0 aromatic rings. The van der Waals surface area contributed by atoms with E-state index < -0.39 is 12.1 Å². The summed E-state index contributed by atoms with van der Waals surface area (Å²) < 4.78 is 16.7.